The number of hydrogen-bond donors (Lipinski definition) is 0. The summed E-state index contributed by atoms with van der Waals surface area (Å²) in [4.78, 5) is 66.7. The van der Waals surface area contributed by atoms with Gasteiger partial charge >= 0.3 is 0 Å². The van der Waals surface area contributed by atoms with Crippen LogP contribution in [-0.4, -0.2) is 41.4 Å². The summed E-state index contributed by atoms with van der Waals surface area (Å²) in [5.74, 6) is -0.116. The predicted molar refractivity (Wildman–Crippen MR) is 168 cm³/mol. The number of anilines is 1. The summed E-state index contributed by atoms with van der Waals surface area (Å²) in [6, 6.07) is 30.0. The molecule has 0 saturated carbocycles. The Bertz CT molecular complexity index is 2120. The average Bonchev–Trinajstić information content (AvgIpc) is 3.45. The van der Waals surface area contributed by atoms with Gasteiger partial charge in [0.1, 0.15) is 23.0 Å². The maximum absolute atomic E-state index is 13.4. The molecule has 0 fully saturated rings. The van der Waals surface area contributed by atoms with Crippen molar-refractivity contribution in [3.8, 4) is 23.0 Å². The van der Waals surface area contributed by atoms with Crippen molar-refractivity contribution in [1.29, 1.82) is 0 Å². The van der Waals surface area contributed by atoms with Gasteiger partial charge in [-0.2, -0.15) is 0 Å². The van der Waals surface area contributed by atoms with Gasteiger partial charge in [0.05, 0.1) is 27.9 Å². The lowest BCUT2D eigenvalue weighted by atomic mass is 9.96. The van der Waals surface area contributed by atoms with Gasteiger partial charge in [-0.15, -0.1) is 0 Å². The third-order valence-electron chi connectivity index (χ3n) is 7.89. The minimum absolute atomic E-state index is 0.0914. The van der Waals surface area contributed by atoms with Gasteiger partial charge in [-0.1, -0.05) is 35.9 Å². The Hall–Kier alpha value is -6.35. The lowest BCUT2D eigenvalue weighted by Gasteiger charge is -2.15. The highest BCUT2D eigenvalue weighted by Crippen LogP contribution is 2.33. The molecule has 5 aromatic carbocycles. The predicted octanol–water partition coefficient (Wildman–Crippen LogP) is 6.84. The van der Waals surface area contributed by atoms with Gasteiger partial charge in [-0.3, -0.25) is 28.9 Å². The average molecular weight is 609 g/mol. The summed E-state index contributed by atoms with van der Waals surface area (Å²) in [5, 5.41) is 0. The highest BCUT2D eigenvalue weighted by molar-refractivity contribution is 6.35. The van der Waals surface area contributed by atoms with Gasteiger partial charge in [0.2, 0.25) is 0 Å². The molecule has 5 aromatic rings. The molecular weight excluding hydrogens is 584 g/mol. The standard InChI is InChI=1S/C37H24N2O7/c1-21-6-12-25(13-7-21)45-27-4-3-5-28(20-27)46-26-14-10-24(11-15-26)39-36(43)30-17-9-23(19-32(30)37(39)44)33(40)22-8-16-29-31(18-22)35(42)38(2)34(29)41/h3-20H,1-2H3. The first kappa shape index (κ1) is 28.4. The quantitative estimate of drug-likeness (QED) is 0.147. The summed E-state index contributed by atoms with van der Waals surface area (Å²) < 4.78 is 11.9. The van der Waals surface area contributed by atoms with Crippen LogP contribution in [0.15, 0.2) is 109 Å². The van der Waals surface area contributed by atoms with Crippen LogP contribution >= 0.6 is 0 Å². The smallest absolute Gasteiger partial charge is 0.266 e. The van der Waals surface area contributed by atoms with Crippen molar-refractivity contribution in [2.75, 3.05) is 11.9 Å². The number of aryl methyl sites for hydroxylation is 1. The van der Waals surface area contributed by atoms with Crippen LogP contribution < -0.4 is 14.4 Å². The molecular formula is C37H24N2O7. The fourth-order valence-corrected chi connectivity index (χ4v) is 5.43. The minimum Gasteiger partial charge on any atom is -0.457 e. The molecule has 2 aliphatic heterocycles. The first-order chi connectivity index (χ1) is 22.2. The molecule has 0 atom stereocenters. The number of amides is 4. The second kappa shape index (κ2) is 11.0. The van der Waals surface area contributed by atoms with Crippen LogP contribution in [0.2, 0.25) is 0 Å². The van der Waals surface area contributed by atoms with Crippen LogP contribution in [0.5, 0.6) is 23.0 Å². The molecule has 2 heterocycles. The summed E-state index contributed by atoms with van der Waals surface area (Å²) >= 11 is 0. The van der Waals surface area contributed by atoms with E-state index in [-0.39, 0.29) is 33.4 Å². The molecule has 0 unspecified atom stereocenters. The van der Waals surface area contributed by atoms with Crippen LogP contribution in [0.3, 0.4) is 0 Å². The van der Waals surface area contributed by atoms with Crippen LogP contribution in [-0.2, 0) is 0 Å². The summed E-state index contributed by atoms with van der Waals surface area (Å²) in [5.41, 5.74) is 2.47. The molecule has 46 heavy (non-hydrogen) atoms. The Labute approximate surface area is 263 Å². The van der Waals surface area contributed by atoms with E-state index in [1.807, 2.05) is 43.3 Å². The van der Waals surface area contributed by atoms with E-state index in [0.29, 0.717) is 28.7 Å². The number of fused-ring (bicyclic) bond motifs is 2. The van der Waals surface area contributed by atoms with E-state index in [1.54, 1.807) is 36.4 Å². The van der Waals surface area contributed by atoms with Crippen LogP contribution in [0.1, 0.15) is 62.9 Å². The number of ether oxygens (including phenoxy) is 2. The van der Waals surface area contributed by atoms with Gasteiger partial charge in [0.15, 0.2) is 5.78 Å². The van der Waals surface area contributed by atoms with E-state index in [1.165, 1.54) is 43.4 Å². The van der Waals surface area contributed by atoms with E-state index in [4.69, 9.17) is 9.47 Å². The Morgan fingerprint density at radius 2 is 1.00 bits per heavy atom. The molecule has 9 heteroatoms. The lowest BCUT2D eigenvalue weighted by molar-refractivity contribution is 0.0692. The topological polar surface area (TPSA) is 110 Å². The Balaban J connectivity index is 1.07. The van der Waals surface area contributed by atoms with Crippen molar-refractivity contribution in [3.05, 3.63) is 148 Å². The van der Waals surface area contributed by atoms with Crippen molar-refractivity contribution in [3.63, 3.8) is 0 Å². The highest BCUT2D eigenvalue weighted by Gasteiger charge is 2.38. The molecule has 2 aliphatic rings. The molecule has 0 N–H and O–H groups in total. The van der Waals surface area contributed by atoms with E-state index in [2.05, 4.69) is 0 Å². The Morgan fingerprint density at radius 1 is 0.522 bits per heavy atom. The summed E-state index contributed by atoms with van der Waals surface area (Å²) in [6.07, 6.45) is 0. The largest absolute Gasteiger partial charge is 0.457 e. The van der Waals surface area contributed by atoms with Gasteiger partial charge in [-0.25, -0.2) is 4.90 Å². The van der Waals surface area contributed by atoms with Crippen molar-refractivity contribution >= 4 is 35.1 Å². The van der Waals surface area contributed by atoms with Gasteiger partial charge in [-0.05, 0) is 79.7 Å². The highest BCUT2D eigenvalue weighted by atomic mass is 16.5. The SMILES string of the molecule is Cc1ccc(Oc2cccc(Oc3ccc(N4C(=O)c5ccc(C(=O)c6ccc7c(c6)C(=O)N(C)C7=O)cc5C4=O)cc3)c2)cc1. The number of carbonyl (C=O) groups is 5. The number of nitrogens with zero attached hydrogens (tertiary/aromatic N) is 2. The van der Waals surface area contributed by atoms with Crippen molar-refractivity contribution in [1.82, 2.24) is 4.90 Å². The molecule has 9 nitrogen and oxygen atoms in total. The number of imide groups is 2. The molecule has 0 spiro atoms. The number of hydrogen-bond acceptors (Lipinski definition) is 7. The zero-order chi connectivity index (χ0) is 32.1. The second-order valence-corrected chi connectivity index (χ2v) is 11.0. The second-order valence-electron chi connectivity index (χ2n) is 11.0. The molecule has 0 bridgehead atoms. The third kappa shape index (κ3) is 4.89. The normalized spacial score (nSPS) is 13.6. The summed E-state index contributed by atoms with van der Waals surface area (Å²) in [7, 11) is 1.38. The van der Waals surface area contributed by atoms with Crippen molar-refractivity contribution in [2.45, 2.75) is 6.92 Å². The zero-order valence-electron chi connectivity index (χ0n) is 24.6. The fraction of sp³-hybridized carbons (Fsp3) is 0.0541. The number of rotatable bonds is 7. The maximum Gasteiger partial charge on any atom is 0.266 e. The van der Waals surface area contributed by atoms with Gasteiger partial charge < -0.3 is 9.47 Å². The molecule has 0 saturated heterocycles. The molecule has 0 radical (unpaired) electrons. The zero-order valence-corrected chi connectivity index (χ0v) is 24.6. The van der Waals surface area contributed by atoms with E-state index in [0.717, 1.165) is 15.4 Å². The number of benzene rings is 5. The molecule has 4 amide bonds. The van der Waals surface area contributed by atoms with Crippen LogP contribution in [0, 0.1) is 6.92 Å². The molecule has 7 rings (SSSR count). The van der Waals surface area contributed by atoms with Crippen molar-refractivity contribution < 1.29 is 33.4 Å². The molecule has 224 valence electrons. The molecule has 0 aromatic heterocycles. The summed E-state index contributed by atoms with van der Waals surface area (Å²) in [6.45, 7) is 2.00. The van der Waals surface area contributed by atoms with Crippen molar-refractivity contribution in [2.24, 2.45) is 0 Å². The number of carbonyl (C=O) groups excluding carboxylic acids is 5. The Morgan fingerprint density at radius 3 is 1.59 bits per heavy atom. The van der Waals surface area contributed by atoms with E-state index < -0.39 is 29.4 Å². The monoisotopic (exact) mass is 608 g/mol. The first-order valence-electron chi connectivity index (χ1n) is 14.3. The van der Waals surface area contributed by atoms with E-state index >= 15 is 0 Å². The maximum atomic E-state index is 13.4. The van der Waals surface area contributed by atoms with Gasteiger partial charge in [0.25, 0.3) is 23.6 Å². The lowest BCUT2D eigenvalue weighted by Crippen LogP contribution is -2.29. The van der Waals surface area contributed by atoms with Crippen LogP contribution in [0.4, 0.5) is 5.69 Å². The Kier molecular flexibility index (Phi) is 6.78. The number of ketones is 1. The minimum atomic E-state index is -0.569. The fourth-order valence-electron chi connectivity index (χ4n) is 5.43. The van der Waals surface area contributed by atoms with E-state index in [9.17, 15) is 24.0 Å². The first-order valence-corrected chi connectivity index (χ1v) is 14.3. The third-order valence-corrected chi connectivity index (χ3v) is 7.89. The molecule has 0 aliphatic carbocycles. The van der Waals surface area contributed by atoms with Gasteiger partial charge in [0, 0.05) is 24.2 Å². The van der Waals surface area contributed by atoms with Crippen LogP contribution in [0.25, 0.3) is 0 Å².